The number of nitrogens with zero attached hydrogens (tertiary/aromatic N) is 4. The summed E-state index contributed by atoms with van der Waals surface area (Å²) < 4.78 is 2.14. The van der Waals surface area contributed by atoms with E-state index in [1.165, 1.54) is 0 Å². The molecule has 0 spiro atoms. The van der Waals surface area contributed by atoms with Crippen LogP contribution >= 0.6 is 0 Å². The van der Waals surface area contributed by atoms with Gasteiger partial charge in [-0.3, -0.25) is 9.78 Å². The van der Waals surface area contributed by atoms with Gasteiger partial charge < -0.3 is 5.11 Å². The number of fused-ring (bicyclic) bond motifs is 3. The van der Waals surface area contributed by atoms with Crippen molar-refractivity contribution in [3.63, 3.8) is 0 Å². The molecule has 1 radical (unpaired) electrons. The Morgan fingerprint density at radius 1 is 1.20 bits per heavy atom. The third kappa shape index (κ3) is 2.23. The van der Waals surface area contributed by atoms with Gasteiger partial charge in [-0.1, -0.05) is 0 Å². The molecule has 1 N–H and O–H groups in total. The first-order valence-electron chi connectivity index (χ1n) is 9.14. The minimum atomic E-state index is -0.615. The number of carbonyl (C=O) groups is 1. The van der Waals surface area contributed by atoms with Crippen LogP contribution in [0, 0.1) is 11.5 Å². The van der Waals surface area contributed by atoms with Crippen molar-refractivity contribution < 1.29 is 9.90 Å². The van der Waals surface area contributed by atoms with E-state index in [9.17, 15) is 9.90 Å². The first-order valence-corrected chi connectivity index (χ1v) is 9.14. The van der Waals surface area contributed by atoms with Gasteiger partial charge >= 0.3 is 5.97 Å². The second-order valence-electron chi connectivity index (χ2n) is 7.97. The highest BCUT2D eigenvalue weighted by atomic mass is 16.4. The molecule has 0 unspecified atom stereocenters. The number of carboxylic acids is 1. The summed E-state index contributed by atoms with van der Waals surface area (Å²) in [5, 5.41) is 14.4. The first-order chi connectivity index (χ1) is 12.1. The van der Waals surface area contributed by atoms with E-state index in [2.05, 4.69) is 15.7 Å². The van der Waals surface area contributed by atoms with Crippen molar-refractivity contribution in [3.8, 4) is 11.4 Å². The standard InChI is InChI=1S/C19H21N4O2/c24-17(25)19-8-5-18(6-9-19,7-10-19)16-21-15(13-2-1-11-20-12-13)22-23(16)14-3-4-14/h2,11-12,14H,3-10H2,(H,24,25). The Hall–Kier alpha value is -2.24. The summed E-state index contributed by atoms with van der Waals surface area (Å²) in [7, 11) is 0. The van der Waals surface area contributed by atoms with Crippen molar-refractivity contribution in [1.82, 2.24) is 19.7 Å². The molecule has 2 aromatic heterocycles. The lowest BCUT2D eigenvalue weighted by molar-refractivity contribution is -0.156. The Kier molecular flexibility index (Phi) is 3.09. The Morgan fingerprint density at radius 2 is 1.92 bits per heavy atom. The van der Waals surface area contributed by atoms with Gasteiger partial charge in [0.05, 0.1) is 11.5 Å². The van der Waals surface area contributed by atoms with Gasteiger partial charge in [0.25, 0.3) is 0 Å². The molecule has 129 valence electrons. The van der Waals surface area contributed by atoms with Gasteiger partial charge in [-0.15, -0.1) is 0 Å². The fourth-order valence-corrected chi connectivity index (χ4v) is 4.67. The highest BCUT2D eigenvalue weighted by Gasteiger charge is 2.55. The quantitative estimate of drug-likeness (QED) is 0.927. The van der Waals surface area contributed by atoms with E-state index >= 15 is 0 Å². The van der Waals surface area contributed by atoms with Gasteiger partial charge in [0.15, 0.2) is 5.82 Å². The van der Waals surface area contributed by atoms with Gasteiger partial charge in [0, 0.05) is 29.4 Å². The van der Waals surface area contributed by atoms with E-state index in [0.717, 1.165) is 68.6 Å². The molecule has 0 atom stereocenters. The van der Waals surface area contributed by atoms with Crippen molar-refractivity contribution in [2.75, 3.05) is 0 Å². The van der Waals surface area contributed by atoms with E-state index in [-0.39, 0.29) is 5.41 Å². The molecule has 2 heterocycles. The average molecular weight is 337 g/mol. The van der Waals surface area contributed by atoms with Crippen molar-refractivity contribution in [1.29, 1.82) is 0 Å². The van der Waals surface area contributed by atoms with Crippen LogP contribution < -0.4 is 0 Å². The fourth-order valence-electron chi connectivity index (χ4n) is 4.67. The summed E-state index contributed by atoms with van der Waals surface area (Å²) in [5.41, 5.74) is 0.399. The van der Waals surface area contributed by atoms with Crippen LogP contribution in [-0.2, 0) is 10.2 Å². The molecule has 6 nitrogen and oxygen atoms in total. The van der Waals surface area contributed by atoms with Crippen LogP contribution in [0.4, 0.5) is 0 Å². The van der Waals surface area contributed by atoms with E-state index in [4.69, 9.17) is 10.1 Å². The first kappa shape index (κ1) is 15.0. The van der Waals surface area contributed by atoms with Crippen LogP contribution in [-0.4, -0.2) is 30.8 Å². The topological polar surface area (TPSA) is 80.9 Å². The van der Waals surface area contributed by atoms with Crippen molar-refractivity contribution in [2.24, 2.45) is 5.41 Å². The average Bonchev–Trinajstić information content (AvgIpc) is 3.41. The molecule has 4 saturated carbocycles. The largest absolute Gasteiger partial charge is 0.481 e. The lowest BCUT2D eigenvalue weighted by atomic mass is 9.53. The predicted octanol–water partition coefficient (Wildman–Crippen LogP) is 3.15. The number of carboxylic acid groups (broad SMARTS) is 1. The van der Waals surface area contributed by atoms with Crippen LogP contribution in [0.25, 0.3) is 11.4 Å². The molecular weight excluding hydrogens is 316 g/mol. The van der Waals surface area contributed by atoms with Gasteiger partial charge in [-0.05, 0) is 57.4 Å². The lowest BCUT2D eigenvalue weighted by Crippen LogP contribution is -2.49. The van der Waals surface area contributed by atoms with Crippen LogP contribution in [0.1, 0.15) is 63.2 Å². The Bertz CT molecular complexity index is 801. The summed E-state index contributed by atoms with van der Waals surface area (Å²) in [5.74, 6) is 1.19. The Labute approximate surface area is 146 Å². The number of aliphatic carboxylic acids is 1. The zero-order chi connectivity index (χ0) is 17.1. The van der Waals surface area contributed by atoms with Crippen LogP contribution in [0.2, 0.25) is 0 Å². The predicted molar refractivity (Wildman–Crippen MR) is 89.8 cm³/mol. The molecule has 2 aromatic rings. The second kappa shape index (κ2) is 5.13. The summed E-state index contributed by atoms with van der Waals surface area (Å²) in [4.78, 5) is 20.8. The van der Waals surface area contributed by atoms with E-state index in [0.29, 0.717) is 6.04 Å². The molecule has 2 bridgehead atoms. The smallest absolute Gasteiger partial charge is 0.309 e. The maximum Gasteiger partial charge on any atom is 0.309 e. The van der Waals surface area contributed by atoms with E-state index in [1.807, 2.05) is 6.07 Å². The monoisotopic (exact) mass is 337 g/mol. The van der Waals surface area contributed by atoms with Crippen LogP contribution in [0.5, 0.6) is 0 Å². The zero-order valence-electron chi connectivity index (χ0n) is 14.1. The molecule has 0 saturated heterocycles. The molecule has 4 aliphatic carbocycles. The van der Waals surface area contributed by atoms with Crippen molar-refractivity contribution >= 4 is 5.97 Å². The minimum absolute atomic E-state index is 0.00301. The van der Waals surface area contributed by atoms with Gasteiger partial charge in [-0.25, -0.2) is 9.67 Å². The molecule has 0 aromatic carbocycles. The summed E-state index contributed by atoms with van der Waals surface area (Å²) in [6.45, 7) is 0. The maximum absolute atomic E-state index is 11.7. The summed E-state index contributed by atoms with van der Waals surface area (Å²) >= 11 is 0. The molecule has 4 aliphatic rings. The van der Waals surface area contributed by atoms with E-state index < -0.39 is 11.4 Å². The number of hydrogen-bond donors (Lipinski definition) is 1. The van der Waals surface area contributed by atoms with E-state index in [1.54, 1.807) is 12.4 Å². The SMILES string of the molecule is O=C(O)C12CCC(c3nc(-c4c[c]cnc4)nn3C3CC3)(CC1)CC2. The Balaban J connectivity index is 1.54. The third-order valence-corrected chi connectivity index (χ3v) is 6.56. The molecule has 6 heteroatoms. The Morgan fingerprint density at radius 3 is 2.48 bits per heavy atom. The number of rotatable bonds is 4. The van der Waals surface area contributed by atoms with Gasteiger partial charge in [-0.2, -0.15) is 5.10 Å². The number of pyridine rings is 1. The molecule has 0 aliphatic heterocycles. The van der Waals surface area contributed by atoms with Gasteiger partial charge in [0.2, 0.25) is 0 Å². The maximum atomic E-state index is 11.7. The fraction of sp³-hybridized carbons (Fsp3) is 0.579. The molecule has 4 fully saturated rings. The van der Waals surface area contributed by atoms with Crippen molar-refractivity contribution in [3.05, 3.63) is 30.4 Å². The minimum Gasteiger partial charge on any atom is -0.481 e. The molecular formula is C19H21N4O2. The zero-order valence-corrected chi connectivity index (χ0v) is 14.1. The highest BCUT2D eigenvalue weighted by molar-refractivity contribution is 5.75. The third-order valence-electron chi connectivity index (χ3n) is 6.56. The summed E-state index contributed by atoms with van der Waals surface area (Å²) in [6.07, 6.45) is 10.7. The number of hydrogen-bond acceptors (Lipinski definition) is 4. The van der Waals surface area contributed by atoms with Crippen LogP contribution in [0.15, 0.2) is 18.5 Å². The normalized spacial score (nSPS) is 31.2. The molecule has 0 amide bonds. The second-order valence-corrected chi connectivity index (χ2v) is 7.97. The van der Waals surface area contributed by atoms with Crippen molar-refractivity contribution in [2.45, 2.75) is 62.8 Å². The molecule has 25 heavy (non-hydrogen) atoms. The molecule has 6 rings (SSSR count). The van der Waals surface area contributed by atoms with Gasteiger partial charge in [0.1, 0.15) is 5.82 Å². The lowest BCUT2D eigenvalue weighted by Gasteiger charge is -2.50. The van der Waals surface area contributed by atoms with Crippen LogP contribution in [0.3, 0.4) is 0 Å². The highest BCUT2D eigenvalue weighted by Crippen LogP contribution is 2.58. The number of aromatic nitrogens is 4. The summed E-state index contributed by atoms with van der Waals surface area (Å²) in [6, 6.07) is 5.33.